The summed E-state index contributed by atoms with van der Waals surface area (Å²) < 4.78 is 5.55. The van der Waals surface area contributed by atoms with E-state index in [1.165, 1.54) is 19.3 Å². The second-order valence-corrected chi connectivity index (χ2v) is 9.52. The Labute approximate surface area is 162 Å². The van der Waals surface area contributed by atoms with Gasteiger partial charge in [-0.05, 0) is 80.2 Å². The summed E-state index contributed by atoms with van der Waals surface area (Å²) in [4.78, 5) is 25.4. The summed E-state index contributed by atoms with van der Waals surface area (Å²) in [5.74, 6) is 2.01. The number of anilines is 1. The highest BCUT2D eigenvalue weighted by molar-refractivity contribution is 5.94. The van der Waals surface area contributed by atoms with Crippen molar-refractivity contribution in [1.82, 2.24) is 0 Å². The molecule has 1 N–H and O–H groups in total. The Morgan fingerprint density at radius 2 is 1.70 bits per heavy atom. The maximum Gasteiger partial charge on any atom is 0.312 e. The minimum atomic E-state index is -0.305. The van der Waals surface area contributed by atoms with Gasteiger partial charge < -0.3 is 10.1 Å². The van der Waals surface area contributed by atoms with Crippen LogP contribution in [0.3, 0.4) is 0 Å². The van der Waals surface area contributed by atoms with Gasteiger partial charge >= 0.3 is 5.97 Å². The first-order valence-electron chi connectivity index (χ1n) is 10.4. The molecule has 4 aliphatic carbocycles. The zero-order chi connectivity index (χ0) is 19.2. The van der Waals surface area contributed by atoms with E-state index in [1.807, 2.05) is 25.1 Å². The van der Waals surface area contributed by atoms with Gasteiger partial charge in [-0.3, -0.25) is 9.59 Å². The number of para-hydroxylation sites is 1. The summed E-state index contributed by atoms with van der Waals surface area (Å²) in [6, 6.07) is 6.03. The van der Waals surface area contributed by atoms with Crippen LogP contribution < -0.4 is 5.32 Å². The zero-order valence-corrected chi connectivity index (χ0v) is 16.7. The van der Waals surface area contributed by atoms with Gasteiger partial charge in [0.15, 0.2) is 6.61 Å². The molecule has 0 aliphatic heterocycles. The van der Waals surface area contributed by atoms with Crippen LogP contribution >= 0.6 is 0 Å². The minimum absolute atomic E-state index is 0.134. The SMILES string of the molecule is Cc1cccc(C(C)C)c1NC(=O)COC(=O)C12CC3CC(CC(C3)C1)C2. The van der Waals surface area contributed by atoms with Crippen molar-refractivity contribution in [3.05, 3.63) is 29.3 Å². The summed E-state index contributed by atoms with van der Waals surface area (Å²) in [6.45, 7) is 6.02. The first-order chi connectivity index (χ1) is 12.9. The number of benzene rings is 1. The third-order valence-corrected chi connectivity index (χ3v) is 7.00. The zero-order valence-electron chi connectivity index (χ0n) is 16.7. The molecule has 1 amide bonds. The number of nitrogens with one attached hydrogen (secondary N) is 1. The van der Waals surface area contributed by atoms with Crippen LogP contribution in [0, 0.1) is 30.1 Å². The molecule has 0 saturated heterocycles. The maximum atomic E-state index is 12.9. The van der Waals surface area contributed by atoms with Crippen molar-refractivity contribution in [2.75, 3.05) is 11.9 Å². The molecule has 146 valence electrons. The maximum absolute atomic E-state index is 12.9. The van der Waals surface area contributed by atoms with Crippen LogP contribution in [0.4, 0.5) is 5.69 Å². The van der Waals surface area contributed by atoms with Crippen LogP contribution in [0.5, 0.6) is 0 Å². The molecule has 4 aliphatic rings. The molecule has 0 unspecified atom stereocenters. The fourth-order valence-corrected chi connectivity index (χ4v) is 6.16. The third kappa shape index (κ3) is 3.51. The van der Waals surface area contributed by atoms with E-state index < -0.39 is 0 Å². The first-order valence-corrected chi connectivity index (χ1v) is 10.4. The van der Waals surface area contributed by atoms with Gasteiger partial charge in [0.05, 0.1) is 5.41 Å². The van der Waals surface area contributed by atoms with E-state index in [9.17, 15) is 9.59 Å². The molecule has 0 heterocycles. The van der Waals surface area contributed by atoms with Crippen molar-refractivity contribution in [2.24, 2.45) is 23.2 Å². The van der Waals surface area contributed by atoms with Crippen LogP contribution in [-0.2, 0) is 14.3 Å². The average molecular weight is 370 g/mol. The summed E-state index contributed by atoms with van der Waals surface area (Å²) in [5, 5.41) is 2.97. The molecule has 0 radical (unpaired) electrons. The van der Waals surface area contributed by atoms with Gasteiger partial charge in [-0.1, -0.05) is 32.0 Å². The molecule has 5 rings (SSSR count). The lowest BCUT2D eigenvalue weighted by Crippen LogP contribution is -2.50. The van der Waals surface area contributed by atoms with Crippen LogP contribution in [-0.4, -0.2) is 18.5 Å². The van der Waals surface area contributed by atoms with E-state index >= 15 is 0 Å². The molecular formula is C23H31NO3. The lowest BCUT2D eigenvalue weighted by atomic mass is 9.49. The van der Waals surface area contributed by atoms with E-state index in [4.69, 9.17) is 4.74 Å². The number of carbonyl (C=O) groups excluding carboxylic acids is 2. The van der Waals surface area contributed by atoms with Gasteiger partial charge in [0.25, 0.3) is 5.91 Å². The Morgan fingerprint density at radius 3 is 2.26 bits per heavy atom. The fraction of sp³-hybridized carbons (Fsp3) is 0.652. The highest BCUT2D eigenvalue weighted by Crippen LogP contribution is 2.60. The van der Waals surface area contributed by atoms with Gasteiger partial charge in [-0.2, -0.15) is 0 Å². The number of hydrogen-bond donors (Lipinski definition) is 1. The molecule has 4 bridgehead atoms. The monoisotopic (exact) mass is 369 g/mol. The van der Waals surface area contributed by atoms with Crippen LogP contribution in [0.2, 0.25) is 0 Å². The topological polar surface area (TPSA) is 55.4 Å². The number of hydrogen-bond acceptors (Lipinski definition) is 3. The van der Waals surface area contributed by atoms with E-state index in [2.05, 4.69) is 19.2 Å². The fourth-order valence-electron chi connectivity index (χ4n) is 6.16. The van der Waals surface area contributed by atoms with Crippen LogP contribution in [0.1, 0.15) is 69.4 Å². The molecule has 4 saturated carbocycles. The second-order valence-electron chi connectivity index (χ2n) is 9.52. The highest BCUT2D eigenvalue weighted by Gasteiger charge is 2.55. The summed E-state index contributed by atoms with van der Waals surface area (Å²) in [6.07, 6.45) is 6.77. The molecular weight excluding hydrogens is 338 g/mol. The number of carbonyl (C=O) groups is 2. The number of ether oxygens (including phenoxy) is 1. The lowest BCUT2D eigenvalue weighted by molar-refractivity contribution is -0.172. The largest absolute Gasteiger partial charge is 0.455 e. The van der Waals surface area contributed by atoms with E-state index in [0.717, 1.165) is 36.1 Å². The predicted molar refractivity (Wildman–Crippen MR) is 105 cm³/mol. The summed E-state index contributed by atoms with van der Waals surface area (Å²) in [5.41, 5.74) is 2.68. The van der Waals surface area contributed by atoms with Crippen molar-refractivity contribution in [3.63, 3.8) is 0 Å². The number of esters is 1. The normalized spacial score (nSPS) is 31.2. The Bertz CT molecular complexity index is 717. The van der Waals surface area contributed by atoms with E-state index in [0.29, 0.717) is 23.7 Å². The lowest BCUT2D eigenvalue weighted by Gasteiger charge is -2.55. The quantitative estimate of drug-likeness (QED) is 0.757. The standard InChI is InChI=1S/C23H31NO3/c1-14(2)19-6-4-5-15(3)21(19)24-20(25)13-27-22(26)23-10-16-7-17(11-23)9-18(8-16)12-23/h4-6,14,16-18H,7-13H2,1-3H3,(H,24,25). The minimum Gasteiger partial charge on any atom is -0.455 e. The van der Waals surface area contributed by atoms with Crippen molar-refractivity contribution in [1.29, 1.82) is 0 Å². The van der Waals surface area contributed by atoms with Crippen molar-refractivity contribution in [3.8, 4) is 0 Å². The number of rotatable bonds is 5. The van der Waals surface area contributed by atoms with Gasteiger partial charge in [0.2, 0.25) is 0 Å². The van der Waals surface area contributed by atoms with Gasteiger partial charge in [-0.15, -0.1) is 0 Å². The summed E-state index contributed by atoms with van der Waals surface area (Å²) >= 11 is 0. The smallest absolute Gasteiger partial charge is 0.312 e. The molecule has 1 aromatic carbocycles. The average Bonchev–Trinajstić information content (AvgIpc) is 2.60. The number of amides is 1. The molecule has 4 heteroatoms. The molecule has 1 aromatic rings. The molecule has 4 fully saturated rings. The Hall–Kier alpha value is -1.84. The first kappa shape index (κ1) is 18.5. The second kappa shape index (κ2) is 6.96. The van der Waals surface area contributed by atoms with Crippen LogP contribution in [0.15, 0.2) is 18.2 Å². The molecule has 0 atom stereocenters. The molecule has 0 spiro atoms. The van der Waals surface area contributed by atoms with Gasteiger partial charge in [-0.25, -0.2) is 0 Å². The van der Waals surface area contributed by atoms with Crippen molar-refractivity contribution >= 4 is 17.6 Å². The molecule has 4 nitrogen and oxygen atoms in total. The van der Waals surface area contributed by atoms with E-state index in [1.54, 1.807) is 0 Å². The van der Waals surface area contributed by atoms with E-state index in [-0.39, 0.29) is 23.9 Å². The summed E-state index contributed by atoms with van der Waals surface area (Å²) in [7, 11) is 0. The predicted octanol–water partition coefficient (Wildman–Crippen LogP) is 4.82. The molecule has 27 heavy (non-hydrogen) atoms. The third-order valence-electron chi connectivity index (χ3n) is 7.00. The van der Waals surface area contributed by atoms with Gasteiger partial charge in [0.1, 0.15) is 0 Å². The van der Waals surface area contributed by atoms with Crippen molar-refractivity contribution < 1.29 is 14.3 Å². The van der Waals surface area contributed by atoms with Gasteiger partial charge in [0, 0.05) is 5.69 Å². The Kier molecular flexibility index (Phi) is 4.77. The molecule has 0 aromatic heterocycles. The highest BCUT2D eigenvalue weighted by atomic mass is 16.5. The Morgan fingerprint density at radius 1 is 1.11 bits per heavy atom. The Balaban J connectivity index is 1.38. The van der Waals surface area contributed by atoms with Crippen molar-refractivity contribution in [2.45, 2.75) is 65.2 Å². The van der Waals surface area contributed by atoms with Crippen LogP contribution in [0.25, 0.3) is 0 Å². The number of aryl methyl sites for hydroxylation is 1.